The molecule has 0 spiro atoms. The summed E-state index contributed by atoms with van der Waals surface area (Å²) < 4.78 is 15.3. The lowest BCUT2D eigenvalue weighted by Gasteiger charge is -2.10. The Morgan fingerprint density at radius 1 is 0.408 bits per heavy atom. The van der Waals surface area contributed by atoms with Gasteiger partial charge in [0.1, 0.15) is 16.7 Å². The van der Waals surface area contributed by atoms with Crippen LogP contribution in [0.25, 0.3) is 115 Å². The van der Waals surface area contributed by atoms with Crippen LogP contribution >= 0.6 is 0 Å². The quantitative estimate of drug-likeness (QED) is 0.192. The van der Waals surface area contributed by atoms with Crippen molar-refractivity contribution in [3.05, 3.63) is 140 Å². The van der Waals surface area contributed by atoms with Crippen molar-refractivity contribution in [1.82, 2.24) is 14.5 Å². The minimum absolute atomic E-state index is 0.562. The van der Waals surface area contributed by atoms with E-state index in [1.54, 1.807) is 0 Å². The highest BCUT2D eigenvalue weighted by Crippen LogP contribution is 2.47. The molecule has 8 aromatic carbocycles. The topological polar surface area (TPSA) is 57.0 Å². The highest BCUT2D eigenvalue weighted by atomic mass is 16.3. The molecule has 49 heavy (non-hydrogen) atoms. The molecule has 0 atom stereocenters. The fourth-order valence-electron chi connectivity index (χ4n) is 8.33. The predicted molar refractivity (Wildman–Crippen MR) is 200 cm³/mol. The molecular weight excluding hydrogens is 603 g/mol. The van der Waals surface area contributed by atoms with Gasteiger partial charge < -0.3 is 8.83 Å². The molecule has 12 aromatic rings. The molecule has 12 rings (SSSR count). The van der Waals surface area contributed by atoms with Gasteiger partial charge in [0.05, 0.1) is 22.1 Å². The van der Waals surface area contributed by atoms with Gasteiger partial charge in [-0.15, -0.1) is 0 Å². The average Bonchev–Trinajstić information content (AvgIpc) is 3.83. The van der Waals surface area contributed by atoms with Crippen LogP contribution in [0.5, 0.6) is 0 Å². The highest BCUT2D eigenvalue weighted by molar-refractivity contribution is 6.38. The average molecular weight is 626 g/mol. The summed E-state index contributed by atoms with van der Waals surface area (Å²) in [5.74, 6) is 0.562. The van der Waals surface area contributed by atoms with Gasteiger partial charge in [0.2, 0.25) is 11.7 Å². The predicted octanol–water partition coefficient (Wildman–Crippen LogP) is 11.9. The largest absolute Gasteiger partial charge is 0.456 e. The molecule has 0 unspecified atom stereocenters. The van der Waals surface area contributed by atoms with E-state index in [9.17, 15) is 0 Å². The molecule has 4 aromatic heterocycles. The monoisotopic (exact) mass is 625 g/mol. The van der Waals surface area contributed by atoms with Crippen molar-refractivity contribution in [3.63, 3.8) is 0 Å². The molecule has 0 radical (unpaired) electrons. The second-order valence-corrected chi connectivity index (χ2v) is 12.9. The van der Waals surface area contributed by atoms with E-state index in [1.165, 1.54) is 26.9 Å². The van der Waals surface area contributed by atoms with E-state index < -0.39 is 0 Å². The molecule has 0 aliphatic rings. The van der Waals surface area contributed by atoms with Gasteiger partial charge in [0, 0.05) is 32.5 Å². The van der Waals surface area contributed by atoms with E-state index in [2.05, 4.69) is 126 Å². The minimum Gasteiger partial charge on any atom is -0.456 e. The Hall–Kier alpha value is -6.72. The standard InChI is InChI=1S/C44H23N3O2/c1-2-10-25-23-26(20-19-24(25)9-1)42-39-31-13-5-6-17-34(31)49-43(39)46-44(45-42)47-32-16-7-14-29-27-11-3-4-12-28(27)30-15-8-18-35-38(30)41-36(48-35)22-21-33(47)40(41)37(29)32/h1-23H. The SMILES string of the molecule is c1ccc2cc(-c3nc(-n4c5cccc6c7ccccc7c7cccc8oc9ccc4c(c9c87)c65)nc4oc5ccccc5c34)ccc2c1. The molecule has 0 aliphatic heterocycles. The number of benzene rings is 7. The van der Waals surface area contributed by atoms with Gasteiger partial charge >= 0.3 is 0 Å². The molecule has 5 heteroatoms. The first-order chi connectivity index (χ1) is 24.3. The van der Waals surface area contributed by atoms with E-state index in [1.807, 2.05) is 18.2 Å². The maximum Gasteiger partial charge on any atom is 0.238 e. The molecule has 0 amide bonds. The minimum atomic E-state index is 0.562. The van der Waals surface area contributed by atoms with E-state index in [0.29, 0.717) is 11.7 Å². The number of aromatic nitrogens is 3. The molecule has 4 heterocycles. The van der Waals surface area contributed by atoms with E-state index in [-0.39, 0.29) is 0 Å². The normalized spacial score (nSPS) is 12.5. The Bertz CT molecular complexity index is 3340. The van der Waals surface area contributed by atoms with Crippen molar-refractivity contribution in [2.45, 2.75) is 0 Å². The molecule has 0 saturated heterocycles. The molecule has 0 N–H and O–H groups in total. The third-order valence-corrected chi connectivity index (χ3v) is 10.4. The van der Waals surface area contributed by atoms with Gasteiger partial charge in [-0.2, -0.15) is 4.98 Å². The number of fused-ring (bicyclic) bond motifs is 7. The number of furan rings is 2. The Balaban J connectivity index is 1.29. The highest BCUT2D eigenvalue weighted by Gasteiger charge is 2.25. The first-order valence-electron chi connectivity index (χ1n) is 16.5. The lowest BCUT2D eigenvalue weighted by Crippen LogP contribution is -2.02. The number of hydrogen-bond donors (Lipinski definition) is 0. The van der Waals surface area contributed by atoms with Crippen molar-refractivity contribution in [1.29, 1.82) is 0 Å². The smallest absolute Gasteiger partial charge is 0.238 e. The summed E-state index contributed by atoms with van der Waals surface area (Å²) in [6, 6.07) is 49.0. The maximum atomic E-state index is 6.55. The zero-order valence-corrected chi connectivity index (χ0v) is 25.9. The Morgan fingerprint density at radius 3 is 1.96 bits per heavy atom. The Morgan fingerprint density at radius 2 is 1.08 bits per heavy atom. The number of rotatable bonds is 2. The van der Waals surface area contributed by atoms with Crippen LogP contribution in [0.3, 0.4) is 0 Å². The number of hydrogen-bond acceptors (Lipinski definition) is 4. The van der Waals surface area contributed by atoms with Crippen LogP contribution in [-0.2, 0) is 0 Å². The van der Waals surface area contributed by atoms with Crippen molar-refractivity contribution < 1.29 is 8.83 Å². The van der Waals surface area contributed by atoms with Gasteiger partial charge in [0.15, 0.2) is 0 Å². The third kappa shape index (κ3) is 3.24. The zero-order valence-electron chi connectivity index (χ0n) is 25.9. The zero-order chi connectivity index (χ0) is 31.8. The van der Waals surface area contributed by atoms with Crippen LogP contribution in [-0.4, -0.2) is 14.5 Å². The van der Waals surface area contributed by atoms with Gasteiger partial charge in [0.25, 0.3) is 0 Å². The summed E-state index contributed by atoms with van der Waals surface area (Å²) in [4.78, 5) is 10.7. The summed E-state index contributed by atoms with van der Waals surface area (Å²) in [5, 5.41) is 13.5. The van der Waals surface area contributed by atoms with E-state index in [0.717, 1.165) is 76.7 Å². The summed E-state index contributed by atoms with van der Waals surface area (Å²) in [6.07, 6.45) is 0. The van der Waals surface area contributed by atoms with E-state index >= 15 is 0 Å². The number of para-hydroxylation sites is 1. The molecule has 5 nitrogen and oxygen atoms in total. The van der Waals surface area contributed by atoms with Gasteiger partial charge in [-0.05, 0) is 68.7 Å². The maximum absolute atomic E-state index is 6.55. The first kappa shape index (κ1) is 25.4. The van der Waals surface area contributed by atoms with Crippen LogP contribution in [0.1, 0.15) is 0 Å². The lowest BCUT2D eigenvalue weighted by atomic mass is 9.95. The van der Waals surface area contributed by atoms with Crippen LogP contribution < -0.4 is 0 Å². The first-order valence-corrected chi connectivity index (χ1v) is 16.5. The second kappa shape index (κ2) is 9.00. The lowest BCUT2D eigenvalue weighted by molar-refractivity contribution is 0.651. The summed E-state index contributed by atoms with van der Waals surface area (Å²) in [7, 11) is 0. The summed E-state index contributed by atoms with van der Waals surface area (Å²) >= 11 is 0. The van der Waals surface area contributed by atoms with Crippen molar-refractivity contribution in [3.8, 4) is 17.2 Å². The fraction of sp³-hybridized carbons (Fsp3) is 0. The van der Waals surface area contributed by atoms with E-state index in [4.69, 9.17) is 18.8 Å². The Kier molecular flexibility index (Phi) is 4.66. The van der Waals surface area contributed by atoms with Crippen LogP contribution in [0.4, 0.5) is 0 Å². The van der Waals surface area contributed by atoms with Gasteiger partial charge in [-0.3, -0.25) is 4.57 Å². The molecular formula is C44H23N3O2. The summed E-state index contributed by atoms with van der Waals surface area (Å²) in [6.45, 7) is 0. The van der Waals surface area contributed by atoms with Crippen molar-refractivity contribution in [2.24, 2.45) is 0 Å². The third-order valence-electron chi connectivity index (χ3n) is 10.4. The molecule has 0 aliphatic carbocycles. The van der Waals surface area contributed by atoms with Crippen LogP contribution in [0.15, 0.2) is 148 Å². The molecule has 0 fully saturated rings. The second-order valence-electron chi connectivity index (χ2n) is 12.9. The summed E-state index contributed by atoms with van der Waals surface area (Å²) in [5.41, 5.74) is 7.01. The number of nitrogens with zero attached hydrogens (tertiary/aromatic N) is 3. The van der Waals surface area contributed by atoms with Crippen LogP contribution in [0.2, 0.25) is 0 Å². The van der Waals surface area contributed by atoms with Crippen molar-refractivity contribution >= 4 is 98.1 Å². The molecule has 226 valence electrons. The van der Waals surface area contributed by atoms with Gasteiger partial charge in [-0.25, -0.2) is 4.98 Å². The Labute approximate surface area is 277 Å². The fourth-order valence-corrected chi connectivity index (χ4v) is 8.33. The van der Waals surface area contributed by atoms with Gasteiger partial charge in [-0.1, -0.05) is 103 Å². The molecule has 0 saturated carbocycles. The molecule has 0 bridgehead atoms. The van der Waals surface area contributed by atoms with Crippen LogP contribution in [0, 0.1) is 0 Å². The van der Waals surface area contributed by atoms with Crippen molar-refractivity contribution in [2.75, 3.05) is 0 Å².